The SMILES string of the molecule is Cc1ccc(-c2cc(C(F)(F)F)nn2-c2ccc(S(=O)(=O)NC(=O)CN(C)/[N+]([O-])=N\OC(C)N3C(=O)c4ccccc4C3=O)cc2)cc1. The number of hydrazine groups is 1. The van der Waals surface area contributed by atoms with Crippen LogP contribution in [0.3, 0.4) is 0 Å². The Kier molecular flexibility index (Phi) is 8.94. The lowest BCUT2D eigenvalue weighted by molar-refractivity contribution is -0.704. The Hall–Kier alpha value is -5.78. The van der Waals surface area contributed by atoms with Gasteiger partial charge in [0, 0.05) is 5.56 Å². The molecule has 48 heavy (non-hydrogen) atoms. The largest absolute Gasteiger partial charge is 0.569 e. The van der Waals surface area contributed by atoms with E-state index in [9.17, 15) is 41.2 Å². The number of halogens is 3. The summed E-state index contributed by atoms with van der Waals surface area (Å²) in [6, 6.07) is 18.3. The van der Waals surface area contributed by atoms with E-state index in [-0.39, 0.29) is 27.5 Å². The van der Waals surface area contributed by atoms with Gasteiger partial charge < -0.3 is 10.0 Å². The molecule has 0 saturated heterocycles. The molecular weight excluding hydrogens is 659 g/mol. The molecule has 0 fully saturated rings. The van der Waals surface area contributed by atoms with Crippen molar-refractivity contribution in [3.63, 3.8) is 0 Å². The van der Waals surface area contributed by atoms with Crippen LogP contribution in [0.15, 0.2) is 89.0 Å². The number of imide groups is 1. The van der Waals surface area contributed by atoms with Gasteiger partial charge >= 0.3 is 6.18 Å². The Bertz CT molecular complexity index is 2000. The zero-order valence-electron chi connectivity index (χ0n) is 25.4. The summed E-state index contributed by atoms with van der Waals surface area (Å²) >= 11 is 0. The first-order chi connectivity index (χ1) is 22.6. The van der Waals surface area contributed by atoms with Gasteiger partial charge in [-0.15, -0.1) is 5.01 Å². The third kappa shape index (κ3) is 6.82. The lowest BCUT2D eigenvalue weighted by Gasteiger charge is -2.19. The second kappa shape index (κ2) is 12.8. The van der Waals surface area contributed by atoms with Crippen LogP contribution in [0.25, 0.3) is 16.9 Å². The van der Waals surface area contributed by atoms with Crippen molar-refractivity contribution in [1.29, 1.82) is 0 Å². The van der Waals surface area contributed by atoms with Gasteiger partial charge in [0.1, 0.15) is 0 Å². The van der Waals surface area contributed by atoms with Crippen LogP contribution in [0.1, 0.15) is 38.9 Å². The summed E-state index contributed by atoms with van der Waals surface area (Å²) in [5.41, 5.74) is 0.738. The van der Waals surface area contributed by atoms with Crippen LogP contribution in [0.5, 0.6) is 0 Å². The molecular formula is C30H26F3N7O7S. The molecule has 3 amide bonds. The van der Waals surface area contributed by atoms with Gasteiger partial charge in [0.15, 0.2) is 12.2 Å². The molecule has 1 N–H and O–H groups in total. The number of nitrogens with zero attached hydrogens (tertiary/aromatic N) is 6. The number of amides is 3. The third-order valence-electron chi connectivity index (χ3n) is 7.11. The molecule has 1 atom stereocenters. The van der Waals surface area contributed by atoms with E-state index in [2.05, 4.69) is 10.4 Å². The van der Waals surface area contributed by atoms with E-state index in [1.54, 1.807) is 41.1 Å². The normalized spacial score (nSPS) is 14.1. The number of sulfonamides is 1. The van der Waals surface area contributed by atoms with Gasteiger partial charge in [0.2, 0.25) is 11.5 Å². The van der Waals surface area contributed by atoms with Crippen LogP contribution in [-0.4, -0.2) is 70.6 Å². The summed E-state index contributed by atoms with van der Waals surface area (Å²) in [5, 5.41) is 19.9. The van der Waals surface area contributed by atoms with E-state index in [1.165, 1.54) is 31.2 Å². The van der Waals surface area contributed by atoms with E-state index < -0.39 is 57.3 Å². The molecule has 250 valence electrons. The molecule has 0 radical (unpaired) electrons. The molecule has 4 aromatic rings. The highest BCUT2D eigenvalue weighted by Crippen LogP contribution is 2.33. The minimum absolute atomic E-state index is 0.115. The molecule has 3 aromatic carbocycles. The molecule has 1 aromatic heterocycles. The molecule has 1 unspecified atom stereocenters. The smallest absolute Gasteiger partial charge is 0.435 e. The van der Waals surface area contributed by atoms with Gasteiger partial charge in [-0.1, -0.05) is 42.0 Å². The average Bonchev–Trinajstić information content (AvgIpc) is 3.60. The van der Waals surface area contributed by atoms with E-state index in [4.69, 9.17) is 4.84 Å². The molecule has 2 heterocycles. The number of alkyl halides is 3. The summed E-state index contributed by atoms with van der Waals surface area (Å²) in [5.74, 6) is -2.44. The lowest BCUT2D eigenvalue weighted by atomic mass is 10.1. The highest BCUT2D eigenvalue weighted by Gasteiger charge is 2.40. The number of likely N-dealkylation sites (N-methyl/N-ethyl adjacent to an activating group) is 1. The van der Waals surface area contributed by atoms with Crippen molar-refractivity contribution >= 4 is 27.7 Å². The number of nitrogens with one attached hydrogen (secondary N) is 1. The minimum atomic E-state index is -4.73. The average molecular weight is 686 g/mol. The Labute approximate surface area is 271 Å². The van der Waals surface area contributed by atoms with E-state index >= 15 is 0 Å². The van der Waals surface area contributed by atoms with Crippen LogP contribution in [0, 0.1) is 12.1 Å². The van der Waals surface area contributed by atoms with Crippen molar-refractivity contribution in [2.24, 2.45) is 5.28 Å². The Morgan fingerprint density at radius 3 is 2.19 bits per heavy atom. The Morgan fingerprint density at radius 1 is 1.04 bits per heavy atom. The predicted molar refractivity (Wildman–Crippen MR) is 160 cm³/mol. The maximum Gasteiger partial charge on any atom is 0.435 e. The van der Waals surface area contributed by atoms with E-state index in [1.807, 2.05) is 6.92 Å². The van der Waals surface area contributed by atoms with Crippen molar-refractivity contribution in [3.8, 4) is 16.9 Å². The van der Waals surface area contributed by atoms with Gasteiger partial charge in [0.25, 0.3) is 27.7 Å². The zero-order chi connectivity index (χ0) is 35.0. The first-order valence-corrected chi connectivity index (χ1v) is 15.5. The highest BCUT2D eigenvalue weighted by molar-refractivity contribution is 7.90. The van der Waals surface area contributed by atoms with Crippen LogP contribution in [-0.2, 0) is 25.8 Å². The minimum Gasteiger partial charge on any atom is -0.569 e. The standard InChI is InChI=1S/C30H26F3N7O7S/c1-18-8-10-20(11-9-18)25-16-26(30(31,32)33)34-39(25)21-12-14-22(15-13-21)48(45,46)35-27(41)17-37(3)40(44)36-47-19(2)38-28(42)23-6-4-5-7-24(23)29(38)43/h4-16,19H,17H2,1-3H3,(H,35,41)/b40-36+. The molecule has 0 spiro atoms. The second-order valence-corrected chi connectivity index (χ2v) is 12.3. The van der Waals surface area contributed by atoms with Crippen LogP contribution >= 0.6 is 0 Å². The molecule has 14 nitrogen and oxygen atoms in total. The zero-order valence-corrected chi connectivity index (χ0v) is 26.2. The summed E-state index contributed by atoms with van der Waals surface area (Å²) in [6.45, 7) is 2.31. The van der Waals surface area contributed by atoms with Crippen molar-refractivity contribution in [2.45, 2.75) is 31.1 Å². The fraction of sp³-hybridized carbons (Fsp3) is 0.200. The monoisotopic (exact) mass is 685 g/mol. The first kappa shape index (κ1) is 33.6. The molecule has 0 bridgehead atoms. The maximum absolute atomic E-state index is 13.5. The first-order valence-electron chi connectivity index (χ1n) is 14.0. The summed E-state index contributed by atoms with van der Waals surface area (Å²) in [4.78, 5) is 42.8. The quantitative estimate of drug-likeness (QED) is 0.112. The predicted octanol–water partition coefficient (Wildman–Crippen LogP) is 4.05. The van der Waals surface area contributed by atoms with Crippen LogP contribution in [0.2, 0.25) is 0 Å². The van der Waals surface area contributed by atoms with Gasteiger partial charge in [-0.25, -0.2) is 22.7 Å². The Morgan fingerprint density at radius 2 is 1.62 bits per heavy atom. The number of aromatic nitrogens is 2. The number of rotatable bonds is 10. The van der Waals surface area contributed by atoms with Gasteiger partial charge in [0.05, 0.1) is 39.4 Å². The fourth-order valence-electron chi connectivity index (χ4n) is 4.68. The van der Waals surface area contributed by atoms with Crippen molar-refractivity contribution in [2.75, 3.05) is 13.6 Å². The van der Waals surface area contributed by atoms with Gasteiger partial charge in [-0.05, 0) is 56.3 Å². The third-order valence-corrected chi connectivity index (χ3v) is 8.50. The molecule has 18 heteroatoms. The molecule has 0 saturated carbocycles. The number of aryl methyl sites for hydroxylation is 1. The fourth-order valence-corrected chi connectivity index (χ4v) is 5.65. The number of carbonyl (C=O) groups is 3. The van der Waals surface area contributed by atoms with E-state index in [0.29, 0.717) is 10.6 Å². The van der Waals surface area contributed by atoms with Crippen LogP contribution in [0.4, 0.5) is 13.2 Å². The molecule has 1 aliphatic heterocycles. The number of carbonyl (C=O) groups excluding carboxylic acids is 3. The van der Waals surface area contributed by atoms with E-state index in [0.717, 1.165) is 40.4 Å². The number of benzene rings is 3. The van der Waals surface area contributed by atoms with Crippen molar-refractivity contribution in [1.82, 2.24) is 24.4 Å². The molecule has 5 rings (SSSR count). The van der Waals surface area contributed by atoms with Gasteiger partial charge in [-0.2, -0.15) is 18.3 Å². The van der Waals surface area contributed by atoms with Crippen molar-refractivity contribution in [3.05, 3.63) is 106 Å². The summed E-state index contributed by atoms with van der Waals surface area (Å²) in [6.07, 6.45) is -6.03. The second-order valence-electron chi connectivity index (χ2n) is 10.6. The highest BCUT2D eigenvalue weighted by atomic mass is 32.2. The van der Waals surface area contributed by atoms with Crippen molar-refractivity contribution < 1.29 is 45.8 Å². The molecule has 0 aliphatic carbocycles. The number of fused-ring (bicyclic) bond motifs is 1. The maximum atomic E-state index is 13.5. The number of hydrogen-bond acceptors (Lipinski definition) is 9. The Balaban J connectivity index is 1.23. The number of hydrogen-bond donors (Lipinski definition) is 1. The summed E-state index contributed by atoms with van der Waals surface area (Å²) < 4.78 is 69.1. The topological polar surface area (TPSA) is 169 Å². The summed E-state index contributed by atoms with van der Waals surface area (Å²) in [7, 11) is -3.39. The molecule has 1 aliphatic rings. The van der Waals surface area contributed by atoms with Gasteiger partial charge in [-0.3, -0.25) is 14.4 Å². The van der Waals surface area contributed by atoms with Crippen LogP contribution < -0.4 is 4.72 Å². The lowest BCUT2D eigenvalue weighted by Crippen LogP contribution is -2.41.